The van der Waals surface area contributed by atoms with E-state index in [1.54, 1.807) is 6.26 Å². The van der Waals surface area contributed by atoms with Crippen molar-refractivity contribution in [3.8, 4) is 11.1 Å². The molecule has 0 radical (unpaired) electrons. The largest absolute Gasteiger partial charge is 0.462 e. The van der Waals surface area contributed by atoms with Crippen LogP contribution in [0.4, 0.5) is 0 Å². The summed E-state index contributed by atoms with van der Waals surface area (Å²) < 4.78 is 5.50. The lowest BCUT2D eigenvalue weighted by atomic mass is 10.1. The summed E-state index contributed by atoms with van der Waals surface area (Å²) in [6, 6.07) is 15.9. The molecule has 78 valence electrons. The van der Waals surface area contributed by atoms with Crippen molar-refractivity contribution in [2.45, 2.75) is 0 Å². The molecule has 2 aromatic carbocycles. The van der Waals surface area contributed by atoms with Crippen molar-refractivity contribution in [3.63, 3.8) is 0 Å². The Labute approximate surface area is 98.3 Å². The van der Waals surface area contributed by atoms with Crippen LogP contribution in [0.1, 0.15) is 0 Å². The standard InChI is InChI=1S/C14H9ClO/c15-13-8-4-7-11-12(9-16-14(11)13)10-5-2-1-3-6-10/h1-9H. The number of hydrogen-bond donors (Lipinski definition) is 0. The minimum atomic E-state index is 0.652. The average molecular weight is 229 g/mol. The number of fused-ring (bicyclic) bond motifs is 1. The van der Waals surface area contributed by atoms with Crippen LogP contribution in [0.25, 0.3) is 22.1 Å². The summed E-state index contributed by atoms with van der Waals surface area (Å²) >= 11 is 6.06. The SMILES string of the molecule is Clc1cccc2c(-c3ccccc3)coc12. The minimum Gasteiger partial charge on any atom is -0.462 e. The third-order valence-electron chi connectivity index (χ3n) is 2.64. The maximum atomic E-state index is 6.06. The van der Waals surface area contributed by atoms with Gasteiger partial charge in [-0.15, -0.1) is 0 Å². The molecule has 0 fully saturated rings. The highest BCUT2D eigenvalue weighted by molar-refractivity contribution is 6.35. The van der Waals surface area contributed by atoms with Crippen LogP contribution in [-0.2, 0) is 0 Å². The fourth-order valence-corrected chi connectivity index (χ4v) is 2.08. The molecule has 1 nitrogen and oxygen atoms in total. The van der Waals surface area contributed by atoms with Crippen molar-refractivity contribution in [1.82, 2.24) is 0 Å². The highest BCUT2D eigenvalue weighted by Crippen LogP contribution is 2.33. The Morgan fingerprint density at radius 3 is 2.50 bits per heavy atom. The number of hydrogen-bond acceptors (Lipinski definition) is 1. The summed E-state index contributed by atoms with van der Waals surface area (Å²) in [5.41, 5.74) is 2.98. The second kappa shape index (κ2) is 3.69. The molecule has 0 aliphatic heterocycles. The van der Waals surface area contributed by atoms with Crippen LogP contribution < -0.4 is 0 Å². The number of halogens is 1. The van der Waals surface area contributed by atoms with Gasteiger partial charge >= 0.3 is 0 Å². The van der Waals surface area contributed by atoms with E-state index in [1.807, 2.05) is 36.4 Å². The lowest BCUT2D eigenvalue weighted by molar-refractivity contribution is 0.617. The van der Waals surface area contributed by atoms with Gasteiger partial charge in [-0.3, -0.25) is 0 Å². The monoisotopic (exact) mass is 228 g/mol. The van der Waals surface area contributed by atoms with Gasteiger partial charge in [-0.1, -0.05) is 54.1 Å². The highest BCUT2D eigenvalue weighted by atomic mass is 35.5. The van der Waals surface area contributed by atoms with E-state index in [0.717, 1.165) is 22.1 Å². The van der Waals surface area contributed by atoms with E-state index in [0.29, 0.717) is 5.02 Å². The van der Waals surface area contributed by atoms with Crippen molar-refractivity contribution in [3.05, 3.63) is 59.8 Å². The highest BCUT2D eigenvalue weighted by Gasteiger charge is 2.09. The maximum Gasteiger partial charge on any atom is 0.153 e. The van der Waals surface area contributed by atoms with Gasteiger partial charge in [-0.05, 0) is 11.6 Å². The summed E-state index contributed by atoms with van der Waals surface area (Å²) in [5.74, 6) is 0. The van der Waals surface area contributed by atoms with Crippen LogP contribution in [0.3, 0.4) is 0 Å². The van der Waals surface area contributed by atoms with Gasteiger partial charge in [-0.25, -0.2) is 0 Å². The molecule has 3 aromatic rings. The van der Waals surface area contributed by atoms with Crippen molar-refractivity contribution < 1.29 is 4.42 Å². The Morgan fingerprint density at radius 1 is 0.875 bits per heavy atom. The zero-order valence-corrected chi connectivity index (χ0v) is 9.24. The number of rotatable bonds is 1. The summed E-state index contributed by atoms with van der Waals surface area (Å²) in [5, 5.41) is 1.71. The second-order valence-corrected chi connectivity index (χ2v) is 4.04. The van der Waals surface area contributed by atoms with E-state index in [-0.39, 0.29) is 0 Å². The number of para-hydroxylation sites is 1. The van der Waals surface area contributed by atoms with Gasteiger partial charge in [0, 0.05) is 10.9 Å². The molecule has 0 N–H and O–H groups in total. The number of benzene rings is 2. The minimum absolute atomic E-state index is 0.652. The molecule has 16 heavy (non-hydrogen) atoms. The molecule has 1 heterocycles. The quantitative estimate of drug-likeness (QED) is 0.586. The molecular formula is C14H9ClO. The van der Waals surface area contributed by atoms with Gasteiger partial charge in [0.25, 0.3) is 0 Å². The van der Waals surface area contributed by atoms with Crippen molar-refractivity contribution in [2.75, 3.05) is 0 Å². The third-order valence-corrected chi connectivity index (χ3v) is 2.93. The topological polar surface area (TPSA) is 13.1 Å². The Balaban J connectivity index is 2.30. The van der Waals surface area contributed by atoms with Crippen LogP contribution >= 0.6 is 11.6 Å². The molecule has 0 bridgehead atoms. The first kappa shape index (κ1) is 9.49. The normalized spacial score (nSPS) is 10.8. The zero-order chi connectivity index (χ0) is 11.0. The van der Waals surface area contributed by atoms with Gasteiger partial charge in [0.1, 0.15) is 0 Å². The molecule has 0 aliphatic rings. The van der Waals surface area contributed by atoms with E-state index >= 15 is 0 Å². The Morgan fingerprint density at radius 2 is 1.69 bits per heavy atom. The van der Waals surface area contributed by atoms with Crippen molar-refractivity contribution >= 4 is 22.6 Å². The second-order valence-electron chi connectivity index (χ2n) is 3.63. The molecular weight excluding hydrogens is 220 g/mol. The predicted molar refractivity (Wildman–Crippen MR) is 66.7 cm³/mol. The van der Waals surface area contributed by atoms with Gasteiger partial charge < -0.3 is 4.42 Å². The summed E-state index contributed by atoms with van der Waals surface area (Å²) in [7, 11) is 0. The van der Waals surface area contributed by atoms with E-state index in [2.05, 4.69) is 12.1 Å². The van der Waals surface area contributed by atoms with Crippen LogP contribution in [0.5, 0.6) is 0 Å². The number of furan rings is 1. The fourth-order valence-electron chi connectivity index (χ4n) is 1.86. The van der Waals surface area contributed by atoms with Gasteiger partial charge in [0.15, 0.2) is 5.58 Å². The van der Waals surface area contributed by atoms with Gasteiger partial charge in [0.2, 0.25) is 0 Å². The summed E-state index contributed by atoms with van der Waals surface area (Å²) in [6.07, 6.45) is 1.76. The lowest BCUT2D eigenvalue weighted by Crippen LogP contribution is -1.74. The van der Waals surface area contributed by atoms with Crippen LogP contribution in [0, 0.1) is 0 Å². The molecule has 1 aromatic heterocycles. The molecule has 0 atom stereocenters. The average Bonchev–Trinajstić information content (AvgIpc) is 2.75. The Kier molecular flexibility index (Phi) is 2.19. The van der Waals surface area contributed by atoms with Crippen LogP contribution in [0.15, 0.2) is 59.2 Å². The molecule has 2 heteroatoms. The zero-order valence-electron chi connectivity index (χ0n) is 8.48. The van der Waals surface area contributed by atoms with Crippen molar-refractivity contribution in [2.24, 2.45) is 0 Å². The maximum absolute atomic E-state index is 6.06. The molecule has 3 rings (SSSR count). The first-order chi connectivity index (χ1) is 7.86. The first-order valence-electron chi connectivity index (χ1n) is 5.07. The predicted octanol–water partition coefficient (Wildman–Crippen LogP) is 4.75. The third kappa shape index (κ3) is 1.41. The summed E-state index contributed by atoms with van der Waals surface area (Å²) in [4.78, 5) is 0. The first-order valence-corrected chi connectivity index (χ1v) is 5.45. The lowest BCUT2D eigenvalue weighted by Gasteiger charge is -1.97. The van der Waals surface area contributed by atoms with E-state index in [1.165, 1.54) is 0 Å². The van der Waals surface area contributed by atoms with Crippen molar-refractivity contribution in [1.29, 1.82) is 0 Å². The molecule has 0 aliphatic carbocycles. The van der Waals surface area contributed by atoms with Crippen LogP contribution in [-0.4, -0.2) is 0 Å². The molecule has 0 spiro atoms. The van der Waals surface area contributed by atoms with E-state index in [4.69, 9.17) is 16.0 Å². The van der Waals surface area contributed by atoms with E-state index in [9.17, 15) is 0 Å². The molecule has 0 saturated heterocycles. The van der Waals surface area contributed by atoms with Gasteiger partial charge in [-0.2, -0.15) is 0 Å². The van der Waals surface area contributed by atoms with E-state index < -0.39 is 0 Å². The van der Waals surface area contributed by atoms with Gasteiger partial charge in [0.05, 0.1) is 11.3 Å². The summed E-state index contributed by atoms with van der Waals surface area (Å²) in [6.45, 7) is 0. The molecule has 0 saturated carbocycles. The Bertz CT molecular complexity index is 626. The van der Waals surface area contributed by atoms with Crippen LogP contribution in [0.2, 0.25) is 5.02 Å². The smallest absolute Gasteiger partial charge is 0.153 e. The Hall–Kier alpha value is -1.73. The fraction of sp³-hybridized carbons (Fsp3) is 0. The molecule has 0 unspecified atom stereocenters. The molecule has 0 amide bonds.